The van der Waals surface area contributed by atoms with Crippen LogP contribution in [-0.4, -0.2) is 35.6 Å². The molecule has 1 aliphatic carbocycles. The predicted molar refractivity (Wildman–Crippen MR) is 98.3 cm³/mol. The Morgan fingerprint density at radius 2 is 2.00 bits per heavy atom. The summed E-state index contributed by atoms with van der Waals surface area (Å²) in [6.07, 6.45) is 2.17. The molecule has 8 nitrogen and oxygen atoms in total. The van der Waals surface area contributed by atoms with E-state index >= 15 is 0 Å². The maximum Gasteiger partial charge on any atom is 0.344 e. The van der Waals surface area contributed by atoms with E-state index in [0.717, 1.165) is 19.3 Å². The zero-order chi connectivity index (χ0) is 20.0. The van der Waals surface area contributed by atoms with E-state index in [0.29, 0.717) is 11.8 Å². The Morgan fingerprint density at radius 1 is 1.30 bits per heavy atom. The second-order valence-corrected chi connectivity index (χ2v) is 7.03. The maximum atomic E-state index is 12.3. The van der Waals surface area contributed by atoms with Crippen molar-refractivity contribution in [3.63, 3.8) is 0 Å². The van der Waals surface area contributed by atoms with Crippen molar-refractivity contribution in [2.24, 2.45) is 11.8 Å². The molecule has 0 spiro atoms. The van der Waals surface area contributed by atoms with Crippen molar-refractivity contribution in [2.45, 2.75) is 52.2 Å². The third-order valence-corrected chi connectivity index (χ3v) is 5.12. The number of hydrogen-bond donors (Lipinski definition) is 1. The van der Waals surface area contributed by atoms with Gasteiger partial charge in [-0.25, -0.2) is 4.79 Å². The van der Waals surface area contributed by atoms with Gasteiger partial charge < -0.3 is 14.8 Å². The van der Waals surface area contributed by atoms with Crippen LogP contribution in [0.15, 0.2) is 24.3 Å². The zero-order valence-corrected chi connectivity index (χ0v) is 15.8. The molecule has 8 heteroatoms. The Labute approximate surface area is 158 Å². The first-order chi connectivity index (χ1) is 12.8. The molecular weight excluding hydrogens is 352 g/mol. The lowest BCUT2D eigenvalue weighted by atomic mass is 9.78. The van der Waals surface area contributed by atoms with Crippen LogP contribution in [-0.2, 0) is 14.3 Å². The van der Waals surface area contributed by atoms with E-state index in [1.54, 1.807) is 6.07 Å². The SMILES string of the molecule is C[C@H]1[C@@H](NC(=O)[C@@H](C)OC(=O)COc2ccccc2[N+](=O)[O-])CCC[C@@H]1C. The van der Waals surface area contributed by atoms with Crippen molar-refractivity contribution in [3.05, 3.63) is 34.4 Å². The molecule has 0 aliphatic heterocycles. The molecule has 0 bridgehead atoms. The highest BCUT2D eigenvalue weighted by Crippen LogP contribution is 2.29. The summed E-state index contributed by atoms with van der Waals surface area (Å²) < 4.78 is 10.3. The minimum absolute atomic E-state index is 0.0263. The molecule has 1 aromatic carbocycles. The molecule has 1 saturated carbocycles. The van der Waals surface area contributed by atoms with E-state index in [2.05, 4.69) is 19.2 Å². The quantitative estimate of drug-likeness (QED) is 0.444. The van der Waals surface area contributed by atoms with Gasteiger partial charge in [0.1, 0.15) is 0 Å². The van der Waals surface area contributed by atoms with Crippen LogP contribution in [0.4, 0.5) is 5.69 Å². The summed E-state index contributed by atoms with van der Waals surface area (Å²) in [4.78, 5) is 34.6. The normalized spacial score (nSPS) is 23.1. The first kappa shape index (κ1) is 20.7. The number of hydrogen-bond acceptors (Lipinski definition) is 6. The number of carbonyl (C=O) groups is 2. The molecule has 0 aromatic heterocycles. The fraction of sp³-hybridized carbons (Fsp3) is 0.579. The number of amides is 1. The molecule has 1 amide bonds. The second-order valence-electron chi connectivity index (χ2n) is 7.03. The summed E-state index contributed by atoms with van der Waals surface area (Å²) in [6.45, 7) is 5.27. The number of carbonyl (C=O) groups excluding carboxylic acids is 2. The molecule has 1 aliphatic rings. The Kier molecular flexibility index (Phi) is 7.15. The van der Waals surface area contributed by atoms with Gasteiger partial charge in [0.15, 0.2) is 18.5 Å². The van der Waals surface area contributed by atoms with Gasteiger partial charge in [0.25, 0.3) is 5.91 Å². The van der Waals surface area contributed by atoms with Crippen molar-refractivity contribution >= 4 is 17.6 Å². The Hall–Kier alpha value is -2.64. The van der Waals surface area contributed by atoms with Gasteiger partial charge in [0, 0.05) is 12.1 Å². The van der Waals surface area contributed by atoms with E-state index in [1.807, 2.05) is 0 Å². The molecule has 4 atom stereocenters. The van der Waals surface area contributed by atoms with Gasteiger partial charge in [0.05, 0.1) is 4.92 Å². The average Bonchev–Trinajstić information content (AvgIpc) is 2.63. The molecule has 1 aromatic rings. The standard InChI is InChI=1S/C19H26N2O6/c1-12-7-6-8-15(13(12)2)20-19(23)14(3)27-18(22)11-26-17-10-5-4-9-16(17)21(24)25/h4-5,9-10,12-15H,6-8,11H2,1-3H3,(H,20,23)/t12-,13+,14+,15-/m0/s1. The third kappa shape index (κ3) is 5.67. The monoisotopic (exact) mass is 378 g/mol. The summed E-state index contributed by atoms with van der Waals surface area (Å²) in [5.74, 6) is -0.230. The largest absolute Gasteiger partial charge is 0.475 e. The van der Waals surface area contributed by atoms with Crippen LogP contribution in [0.5, 0.6) is 5.75 Å². The van der Waals surface area contributed by atoms with Crippen LogP contribution in [0.2, 0.25) is 0 Å². The molecule has 0 radical (unpaired) electrons. The van der Waals surface area contributed by atoms with E-state index in [9.17, 15) is 19.7 Å². The van der Waals surface area contributed by atoms with Crippen molar-refractivity contribution in [1.82, 2.24) is 5.32 Å². The molecule has 0 heterocycles. The Balaban J connectivity index is 1.83. The van der Waals surface area contributed by atoms with Crippen molar-refractivity contribution in [3.8, 4) is 5.75 Å². The average molecular weight is 378 g/mol. The predicted octanol–water partition coefficient (Wildman–Crippen LogP) is 2.85. The van der Waals surface area contributed by atoms with Gasteiger partial charge >= 0.3 is 11.7 Å². The third-order valence-electron chi connectivity index (χ3n) is 5.12. The van der Waals surface area contributed by atoms with Crippen molar-refractivity contribution in [2.75, 3.05) is 6.61 Å². The van der Waals surface area contributed by atoms with Gasteiger partial charge in [0.2, 0.25) is 0 Å². The van der Waals surface area contributed by atoms with Gasteiger partial charge in [-0.15, -0.1) is 0 Å². The van der Waals surface area contributed by atoms with Gasteiger partial charge in [-0.1, -0.05) is 38.8 Å². The fourth-order valence-corrected chi connectivity index (χ4v) is 3.24. The number of benzene rings is 1. The second kappa shape index (κ2) is 9.34. The van der Waals surface area contributed by atoms with Crippen LogP contribution in [0.25, 0.3) is 0 Å². The van der Waals surface area contributed by atoms with E-state index in [1.165, 1.54) is 25.1 Å². The number of ether oxygens (including phenoxy) is 2. The van der Waals surface area contributed by atoms with Crippen LogP contribution in [0.3, 0.4) is 0 Å². The van der Waals surface area contributed by atoms with Crippen molar-refractivity contribution in [1.29, 1.82) is 0 Å². The molecule has 27 heavy (non-hydrogen) atoms. The topological polar surface area (TPSA) is 108 Å². The van der Waals surface area contributed by atoms with Crippen LogP contribution >= 0.6 is 0 Å². The lowest BCUT2D eigenvalue weighted by Gasteiger charge is -2.35. The minimum atomic E-state index is -0.962. The Morgan fingerprint density at radius 3 is 2.70 bits per heavy atom. The maximum absolute atomic E-state index is 12.3. The van der Waals surface area contributed by atoms with Gasteiger partial charge in [-0.2, -0.15) is 0 Å². The van der Waals surface area contributed by atoms with Gasteiger partial charge in [-0.05, 0) is 31.2 Å². The molecule has 0 unspecified atom stereocenters. The smallest absolute Gasteiger partial charge is 0.344 e. The number of para-hydroxylation sites is 2. The van der Waals surface area contributed by atoms with Crippen LogP contribution in [0, 0.1) is 22.0 Å². The molecular formula is C19H26N2O6. The number of rotatable bonds is 7. The number of nitro benzene ring substituents is 1. The molecule has 0 saturated heterocycles. The summed E-state index contributed by atoms with van der Waals surface area (Å²) in [5.41, 5.74) is -0.239. The summed E-state index contributed by atoms with van der Waals surface area (Å²) in [6, 6.07) is 5.82. The molecule has 2 rings (SSSR count). The number of nitrogens with zero attached hydrogens (tertiary/aromatic N) is 1. The highest BCUT2D eigenvalue weighted by molar-refractivity contribution is 5.84. The molecule has 148 valence electrons. The number of nitro groups is 1. The molecule has 1 N–H and O–H groups in total. The first-order valence-corrected chi connectivity index (χ1v) is 9.15. The Bertz CT molecular complexity index is 693. The van der Waals surface area contributed by atoms with Gasteiger partial charge in [-0.3, -0.25) is 14.9 Å². The van der Waals surface area contributed by atoms with E-state index in [-0.39, 0.29) is 23.4 Å². The van der Waals surface area contributed by atoms with E-state index < -0.39 is 23.6 Å². The highest BCUT2D eigenvalue weighted by atomic mass is 16.6. The number of esters is 1. The van der Waals surface area contributed by atoms with Crippen LogP contribution in [0.1, 0.15) is 40.0 Å². The summed E-state index contributed by atoms with van der Waals surface area (Å²) in [5, 5.41) is 13.9. The lowest BCUT2D eigenvalue weighted by Crippen LogP contribution is -2.47. The highest BCUT2D eigenvalue weighted by Gasteiger charge is 2.30. The lowest BCUT2D eigenvalue weighted by molar-refractivity contribution is -0.385. The summed E-state index contributed by atoms with van der Waals surface area (Å²) in [7, 11) is 0. The zero-order valence-electron chi connectivity index (χ0n) is 15.8. The van der Waals surface area contributed by atoms with Crippen LogP contribution < -0.4 is 10.1 Å². The molecule has 1 fully saturated rings. The summed E-state index contributed by atoms with van der Waals surface area (Å²) >= 11 is 0. The van der Waals surface area contributed by atoms with Crippen molar-refractivity contribution < 1.29 is 24.0 Å². The first-order valence-electron chi connectivity index (χ1n) is 9.15. The van der Waals surface area contributed by atoms with E-state index in [4.69, 9.17) is 9.47 Å². The fourth-order valence-electron chi connectivity index (χ4n) is 3.24. The number of nitrogens with one attached hydrogen (secondary N) is 1. The minimum Gasteiger partial charge on any atom is -0.475 e.